The lowest BCUT2D eigenvalue weighted by Gasteiger charge is -1.98. The minimum atomic E-state index is -1.33. The zero-order chi connectivity index (χ0) is 12.4. The minimum absolute atomic E-state index is 0.0482. The number of halogens is 2. The Bertz CT molecular complexity index is 568. The van der Waals surface area contributed by atoms with Gasteiger partial charge in [-0.1, -0.05) is 6.07 Å². The molecule has 1 N–H and O–H groups in total. The van der Waals surface area contributed by atoms with Crippen LogP contribution in [0.5, 0.6) is 0 Å². The van der Waals surface area contributed by atoms with Crippen molar-refractivity contribution in [3.8, 4) is 0 Å². The van der Waals surface area contributed by atoms with Crippen molar-refractivity contribution in [3.05, 3.63) is 47.1 Å². The Morgan fingerprint density at radius 1 is 1.41 bits per heavy atom. The predicted octanol–water partition coefficient (Wildman–Crippen LogP) is 1.64. The van der Waals surface area contributed by atoms with Gasteiger partial charge in [-0.15, -0.1) is 0 Å². The standard InChI is InChI=1S/C10H6F2N2O3/c11-6-2-1-5(7(12)4-6)3-8-13-9(10(15)16)14-17-8/h1-2,4H,3H2,(H,15,16). The van der Waals surface area contributed by atoms with Gasteiger partial charge in [0.25, 0.3) is 5.82 Å². The van der Waals surface area contributed by atoms with Crippen LogP contribution in [-0.4, -0.2) is 21.2 Å². The van der Waals surface area contributed by atoms with Crippen LogP contribution in [-0.2, 0) is 6.42 Å². The fraction of sp³-hybridized carbons (Fsp3) is 0.100. The van der Waals surface area contributed by atoms with E-state index in [0.717, 1.165) is 12.1 Å². The molecule has 0 spiro atoms. The summed E-state index contributed by atoms with van der Waals surface area (Å²) in [5.41, 5.74) is 0.145. The fourth-order valence-electron chi connectivity index (χ4n) is 1.24. The lowest BCUT2D eigenvalue weighted by molar-refractivity contribution is 0.0680. The molecule has 5 nitrogen and oxygen atoms in total. The molecule has 0 radical (unpaired) electrons. The second-order valence-electron chi connectivity index (χ2n) is 3.23. The van der Waals surface area contributed by atoms with Gasteiger partial charge in [-0.25, -0.2) is 13.6 Å². The summed E-state index contributed by atoms with van der Waals surface area (Å²) in [4.78, 5) is 14.0. The Kier molecular flexibility index (Phi) is 2.82. The van der Waals surface area contributed by atoms with Crippen molar-refractivity contribution in [1.82, 2.24) is 10.1 Å². The summed E-state index contributed by atoms with van der Waals surface area (Å²) < 4.78 is 30.5. The number of hydrogen-bond donors (Lipinski definition) is 1. The van der Waals surface area contributed by atoms with E-state index in [1.54, 1.807) is 0 Å². The summed E-state index contributed by atoms with van der Waals surface area (Å²) >= 11 is 0. The van der Waals surface area contributed by atoms with Crippen LogP contribution in [0.25, 0.3) is 0 Å². The SMILES string of the molecule is O=C(O)c1noc(Cc2ccc(F)cc2F)n1. The normalized spacial score (nSPS) is 10.5. The number of aromatic carboxylic acids is 1. The highest BCUT2D eigenvalue weighted by molar-refractivity contribution is 5.82. The first kappa shape index (κ1) is 11.2. The average Bonchev–Trinajstić information content (AvgIpc) is 2.71. The molecule has 0 fully saturated rings. The van der Waals surface area contributed by atoms with Gasteiger partial charge in [0.05, 0.1) is 6.42 Å². The average molecular weight is 240 g/mol. The molecule has 7 heteroatoms. The van der Waals surface area contributed by atoms with E-state index in [-0.39, 0.29) is 17.9 Å². The molecule has 0 unspecified atom stereocenters. The van der Waals surface area contributed by atoms with Crippen LogP contribution in [0.4, 0.5) is 8.78 Å². The second-order valence-corrected chi connectivity index (χ2v) is 3.23. The van der Waals surface area contributed by atoms with Crippen LogP contribution in [0.2, 0.25) is 0 Å². The van der Waals surface area contributed by atoms with Crippen LogP contribution in [0.15, 0.2) is 22.7 Å². The molecule has 0 aliphatic heterocycles. The number of carboxylic acid groups (broad SMARTS) is 1. The van der Waals surface area contributed by atoms with Gasteiger partial charge in [-0.2, -0.15) is 4.98 Å². The molecule has 0 saturated carbocycles. The van der Waals surface area contributed by atoms with E-state index in [2.05, 4.69) is 14.7 Å². The van der Waals surface area contributed by atoms with Crippen molar-refractivity contribution < 1.29 is 23.2 Å². The monoisotopic (exact) mass is 240 g/mol. The molecule has 0 bridgehead atoms. The molecule has 0 saturated heterocycles. The van der Waals surface area contributed by atoms with E-state index >= 15 is 0 Å². The van der Waals surface area contributed by atoms with Crippen LogP contribution in [0.1, 0.15) is 22.1 Å². The molecule has 0 aliphatic rings. The predicted molar refractivity (Wildman–Crippen MR) is 50.4 cm³/mol. The molecule has 1 aromatic carbocycles. The Morgan fingerprint density at radius 3 is 2.76 bits per heavy atom. The molecule has 0 amide bonds. The maximum absolute atomic E-state index is 13.3. The van der Waals surface area contributed by atoms with E-state index in [1.165, 1.54) is 6.07 Å². The zero-order valence-corrected chi connectivity index (χ0v) is 8.35. The van der Waals surface area contributed by atoms with Gasteiger partial charge in [-0.3, -0.25) is 0 Å². The topological polar surface area (TPSA) is 76.2 Å². The Hall–Kier alpha value is -2.31. The number of nitrogens with zero attached hydrogens (tertiary/aromatic N) is 2. The number of aromatic nitrogens is 2. The maximum Gasteiger partial charge on any atom is 0.377 e. The molecule has 17 heavy (non-hydrogen) atoms. The third kappa shape index (κ3) is 2.44. The van der Waals surface area contributed by atoms with Gasteiger partial charge in [0.2, 0.25) is 5.89 Å². The molecular weight excluding hydrogens is 234 g/mol. The Labute approximate surface area is 93.7 Å². The second kappa shape index (κ2) is 4.28. The first-order valence-corrected chi connectivity index (χ1v) is 4.56. The van der Waals surface area contributed by atoms with Crippen LogP contribution >= 0.6 is 0 Å². The van der Waals surface area contributed by atoms with Gasteiger partial charge in [0.1, 0.15) is 11.6 Å². The third-order valence-corrected chi connectivity index (χ3v) is 2.02. The number of benzene rings is 1. The molecule has 88 valence electrons. The quantitative estimate of drug-likeness (QED) is 0.882. The largest absolute Gasteiger partial charge is 0.475 e. The zero-order valence-electron chi connectivity index (χ0n) is 8.35. The Balaban J connectivity index is 2.22. The van der Waals surface area contributed by atoms with Gasteiger partial charge in [0, 0.05) is 6.07 Å². The van der Waals surface area contributed by atoms with Gasteiger partial charge < -0.3 is 9.63 Å². The number of hydrogen-bond acceptors (Lipinski definition) is 4. The van der Waals surface area contributed by atoms with Crippen molar-refractivity contribution >= 4 is 5.97 Å². The summed E-state index contributed by atoms with van der Waals surface area (Å²) in [6, 6.07) is 3.05. The first-order valence-electron chi connectivity index (χ1n) is 4.56. The van der Waals surface area contributed by atoms with Crippen LogP contribution < -0.4 is 0 Å². The third-order valence-electron chi connectivity index (χ3n) is 2.02. The van der Waals surface area contributed by atoms with Crippen molar-refractivity contribution in [2.45, 2.75) is 6.42 Å². The summed E-state index contributed by atoms with van der Waals surface area (Å²) in [7, 11) is 0. The summed E-state index contributed by atoms with van der Waals surface area (Å²) in [6.07, 6.45) is -0.0909. The molecule has 0 atom stereocenters. The lowest BCUT2D eigenvalue weighted by Crippen LogP contribution is -1.99. The summed E-state index contributed by atoms with van der Waals surface area (Å²) in [6.45, 7) is 0. The lowest BCUT2D eigenvalue weighted by atomic mass is 10.1. The van der Waals surface area contributed by atoms with E-state index in [0.29, 0.717) is 0 Å². The van der Waals surface area contributed by atoms with E-state index < -0.39 is 23.4 Å². The summed E-state index contributed by atoms with van der Waals surface area (Å²) in [5, 5.41) is 11.7. The van der Waals surface area contributed by atoms with Gasteiger partial charge in [0.15, 0.2) is 0 Å². The molecule has 2 rings (SSSR count). The van der Waals surface area contributed by atoms with E-state index in [1.807, 2.05) is 0 Å². The van der Waals surface area contributed by atoms with Crippen molar-refractivity contribution in [1.29, 1.82) is 0 Å². The molecule has 1 heterocycles. The van der Waals surface area contributed by atoms with Gasteiger partial charge >= 0.3 is 5.97 Å². The summed E-state index contributed by atoms with van der Waals surface area (Å²) in [5.74, 6) is -3.32. The highest BCUT2D eigenvalue weighted by Gasteiger charge is 2.14. The molecule has 0 aliphatic carbocycles. The fourth-order valence-corrected chi connectivity index (χ4v) is 1.24. The molecule has 1 aromatic heterocycles. The smallest absolute Gasteiger partial charge is 0.377 e. The molecular formula is C10H6F2N2O3. The number of rotatable bonds is 3. The molecule has 2 aromatic rings. The number of carboxylic acids is 1. The van der Waals surface area contributed by atoms with Crippen LogP contribution in [0.3, 0.4) is 0 Å². The highest BCUT2D eigenvalue weighted by atomic mass is 19.1. The van der Waals surface area contributed by atoms with E-state index in [4.69, 9.17) is 5.11 Å². The van der Waals surface area contributed by atoms with Crippen molar-refractivity contribution in [2.24, 2.45) is 0 Å². The van der Waals surface area contributed by atoms with Crippen LogP contribution in [0, 0.1) is 11.6 Å². The Morgan fingerprint density at radius 2 is 2.18 bits per heavy atom. The van der Waals surface area contributed by atoms with E-state index in [9.17, 15) is 13.6 Å². The van der Waals surface area contributed by atoms with Gasteiger partial charge in [-0.05, 0) is 16.8 Å². The van der Waals surface area contributed by atoms with Crippen molar-refractivity contribution in [2.75, 3.05) is 0 Å². The first-order chi connectivity index (χ1) is 8.06. The maximum atomic E-state index is 13.3. The minimum Gasteiger partial charge on any atom is -0.475 e. The number of carbonyl (C=O) groups is 1. The van der Waals surface area contributed by atoms with Crippen molar-refractivity contribution in [3.63, 3.8) is 0 Å². The highest BCUT2D eigenvalue weighted by Crippen LogP contribution is 2.13.